The summed E-state index contributed by atoms with van der Waals surface area (Å²) in [5, 5.41) is 3.13. The summed E-state index contributed by atoms with van der Waals surface area (Å²) in [7, 11) is 0. The van der Waals surface area contributed by atoms with Crippen molar-refractivity contribution in [2.24, 2.45) is 5.92 Å². The van der Waals surface area contributed by atoms with E-state index in [1.807, 2.05) is 26.0 Å². The fraction of sp³-hybridized carbons (Fsp3) is 0.529. The van der Waals surface area contributed by atoms with Gasteiger partial charge in [0.1, 0.15) is 0 Å². The molecule has 1 aliphatic heterocycles. The molecule has 4 heteroatoms. The standard InChI is InChI=1S/C17H22N2O2/c1-11(2)19-10-14(9-16(19)20)17(21)18-15-7-12-5-3-4-6-13(12)8-15/h3-6,11,14-15H,7-10H2,1-2H3,(H,18,21)/t14-/m1/s1. The summed E-state index contributed by atoms with van der Waals surface area (Å²) in [5.74, 6) is -0.0622. The first-order valence-corrected chi connectivity index (χ1v) is 7.71. The molecule has 1 saturated heterocycles. The van der Waals surface area contributed by atoms with Gasteiger partial charge in [0.05, 0.1) is 5.92 Å². The Morgan fingerprint density at radius 3 is 2.33 bits per heavy atom. The first-order valence-electron chi connectivity index (χ1n) is 7.71. The quantitative estimate of drug-likeness (QED) is 0.916. The largest absolute Gasteiger partial charge is 0.352 e. The summed E-state index contributed by atoms with van der Waals surface area (Å²) in [6, 6.07) is 8.68. The molecular weight excluding hydrogens is 264 g/mol. The van der Waals surface area contributed by atoms with Gasteiger partial charge in [-0.15, -0.1) is 0 Å². The molecule has 1 aliphatic carbocycles. The van der Waals surface area contributed by atoms with Crippen molar-refractivity contribution < 1.29 is 9.59 Å². The second-order valence-electron chi connectivity index (χ2n) is 6.42. The minimum absolute atomic E-state index is 0.0318. The second-order valence-corrected chi connectivity index (χ2v) is 6.42. The number of rotatable bonds is 3. The van der Waals surface area contributed by atoms with E-state index < -0.39 is 0 Å². The van der Waals surface area contributed by atoms with E-state index in [1.165, 1.54) is 11.1 Å². The molecule has 1 aromatic rings. The van der Waals surface area contributed by atoms with Crippen molar-refractivity contribution in [3.05, 3.63) is 35.4 Å². The number of hydrogen-bond acceptors (Lipinski definition) is 2. The summed E-state index contributed by atoms with van der Waals surface area (Å²) in [4.78, 5) is 26.1. The van der Waals surface area contributed by atoms with Gasteiger partial charge in [0.15, 0.2) is 0 Å². The zero-order valence-corrected chi connectivity index (χ0v) is 12.6. The Bertz CT molecular complexity index is 543. The van der Waals surface area contributed by atoms with Crippen LogP contribution in [0.25, 0.3) is 0 Å². The van der Waals surface area contributed by atoms with Gasteiger partial charge in [-0.2, -0.15) is 0 Å². The maximum atomic E-state index is 12.4. The smallest absolute Gasteiger partial charge is 0.225 e. The van der Waals surface area contributed by atoms with Crippen LogP contribution in [-0.4, -0.2) is 35.3 Å². The predicted molar refractivity (Wildman–Crippen MR) is 80.7 cm³/mol. The lowest BCUT2D eigenvalue weighted by atomic mass is 10.1. The highest BCUT2D eigenvalue weighted by molar-refractivity contribution is 5.89. The molecule has 3 rings (SSSR count). The molecule has 4 nitrogen and oxygen atoms in total. The number of carbonyl (C=O) groups excluding carboxylic acids is 2. The SMILES string of the molecule is CC(C)N1C[C@H](C(=O)NC2Cc3ccccc3C2)CC1=O. The Morgan fingerprint density at radius 2 is 1.81 bits per heavy atom. The van der Waals surface area contributed by atoms with Gasteiger partial charge in [-0.1, -0.05) is 24.3 Å². The molecule has 0 bridgehead atoms. The van der Waals surface area contributed by atoms with Gasteiger partial charge >= 0.3 is 0 Å². The van der Waals surface area contributed by atoms with Crippen LogP contribution in [0.5, 0.6) is 0 Å². The van der Waals surface area contributed by atoms with Crippen molar-refractivity contribution in [2.45, 2.75) is 45.2 Å². The van der Waals surface area contributed by atoms with Crippen molar-refractivity contribution >= 4 is 11.8 Å². The van der Waals surface area contributed by atoms with Gasteiger partial charge in [0.25, 0.3) is 0 Å². The molecule has 1 heterocycles. The summed E-state index contributed by atoms with van der Waals surface area (Å²) in [6.07, 6.45) is 2.15. The van der Waals surface area contributed by atoms with Crippen LogP contribution in [-0.2, 0) is 22.4 Å². The van der Waals surface area contributed by atoms with Crippen molar-refractivity contribution in [3.63, 3.8) is 0 Å². The van der Waals surface area contributed by atoms with E-state index in [9.17, 15) is 9.59 Å². The zero-order valence-electron chi connectivity index (χ0n) is 12.6. The van der Waals surface area contributed by atoms with Gasteiger partial charge < -0.3 is 10.2 Å². The Hall–Kier alpha value is -1.84. The number of likely N-dealkylation sites (tertiary alicyclic amines) is 1. The number of nitrogens with zero attached hydrogens (tertiary/aromatic N) is 1. The van der Waals surface area contributed by atoms with Crippen molar-refractivity contribution in [1.29, 1.82) is 0 Å². The van der Waals surface area contributed by atoms with Gasteiger partial charge in [0.2, 0.25) is 11.8 Å². The number of fused-ring (bicyclic) bond motifs is 1. The van der Waals surface area contributed by atoms with E-state index in [2.05, 4.69) is 17.4 Å². The number of hydrogen-bond donors (Lipinski definition) is 1. The van der Waals surface area contributed by atoms with Crippen LogP contribution in [0, 0.1) is 5.92 Å². The Kier molecular flexibility index (Phi) is 3.70. The Morgan fingerprint density at radius 1 is 1.19 bits per heavy atom. The van der Waals surface area contributed by atoms with Gasteiger partial charge in [0, 0.05) is 25.0 Å². The van der Waals surface area contributed by atoms with Crippen LogP contribution in [0.15, 0.2) is 24.3 Å². The molecule has 21 heavy (non-hydrogen) atoms. The minimum Gasteiger partial charge on any atom is -0.352 e. The Labute approximate surface area is 125 Å². The van der Waals surface area contributed by atoms with Gasteiger partial charge in [-0.25, -0.2) is 0 Å². The molecule has 0 aromatic heterocycles. The van der Waals surface area contributed by atoms with Crippen LogP contribution < -0.4 is 5.32 Å². The molecule has 0 spiro atoms. The third-order valence-corrected chi connectivity index (χ3v) is 4.55. The van der Waals surface area contributed by atoms with E-state index in [-0.39, 0.29) is 29.8 Å². The molecule has 2 aliphatic rings. The lowest BCUT2D eigenvalue weighted by Gasteiger charge is -2.21. The molecule has 1 aromatic carbocycles. The van der Waals surface area contributed by atoms with E-state index >= 15 is 0 Å². The highest BCUT2D eigenvalue weighted by atomic mass is 16.2. The molecule has 0 radical (unpaired) electrons. The summed E-state index contributed by atoms with van der Waals surface area (Å²) < 4.78 is 0. The third kappa shape index (κ3) is 2.80. The van der Waals surface area contributed by atoms with Crippen LogP contribution in [0.1, 0.15) is 31.4 Å². The van der Waals surface area contributed by atoms with Gasteiger partial charge in [-0.05, 0) is 37.8 Å². The van der Waals surface area contributed by atoms with Crippen LogP contribution in [0.2, 0.25) is 0 Å². The molecule has 0 unspecified atom stereocenters. The lowest BCUT2D eigenvalue weighted by molar-refractivity contribution is -0.130. The van der Waals surface area contributed by atoms with Gasteiger partial charge in [-0.3, -0.25) is 9.59 Å². The van der Waals surface area contributed by atoms with Crippen molar-refractivity contribution in [2.75, 3.05) is 6.54 Å². The van der Waals surface area contributed by atoms with Crippen LogP contribution in [0.4, 0.5) is 0 Å². The maximum absolute atomic E-state index is 12.4. The molecule has 0 saturated carbocycles. The minimum atomic E-state index is -0.191. The number of carbonyl (C=O) groups is 2. The van der Waals surface area contributed by atoms with Crippen molar-refractivity contribution in [1.82, 2.24) is 10.2 Å². The molecule has 1 N–H and O–H groups in total. The van der Waals surface area contributed by atoms with E-state index in [1.54, 1.807) is 4.90 Å². The highest BCUT2D eigenvalue weighted by Gasteiger charge is 2.36. The molecular formula is C17H22N2O2. The number of nitrogens with one attached hydrogen (secondary N) is 1. The average Bonchev–Trinajstić information content (AvgIpc) is 3.01. The predicted octanol–water partition coefficient (Wildman–Crippen LogP) is 1.53. The van der Waals surface area contributed by atoms with Crippen molar-refractivity contribution in [3.8, 4) is 0 Å². The highest BCUT2D eigenvalue weighted by Crippen LogP contribution is 2.24. The summed E-state index contributed by atoms with van der Waals surface area (Å²) in [6.45, 7) is 4.54. The maximum Gasteiger partial charge on any atom is 0.225 e. The van der Waals surface area contributed by atoms with Crippen LogP contribution in [0.3, 0.4) is 0 Å². The Balaban J connectivity index is 1.58. The van der Waals surface area contributed by atoms with E-state index in [0.717, 1.165) is 12.8 Å². The number of benzene rings is 1. The summed E-state index contributed by atoms with van der Waals surface area (Å²) in [5.41, 5.74) is 2.66. The second kappa shape index (κ2) is 5.51. The molecule has 1 atom stereocenters. The van der Waals surface area contributed by atoms with E-state index in [4.69, 9.17) is 0 Å². The van der Waals surface area contributed by atoms with E-state index in [0.29, 0.717) is 13.0 Å². The fourth-order valence-electron chi connectivity index (χ4n) is 3.39. The third-order valence-electron chi connectivity index (χ3n) is 4.55. The molecule has 1 fully saturated rings. The normalized spacial score (nSPS) is 22.0. The fourth-order valence-corrected chi connectivity index (χ4v) is 3.39. The topological polar surface area (TPSA) is 49.4 Å². The first-order chi connectivity index (χ1) is 10.0. The average molecular weight is 286 g/mol. The molecule has 112 valence electrons. The first kappa shape index (κ1) is 14.1. The van der Waals surface area contributed by atoms with Crippen LogP contribution >= 0.6 is 0 Å². The summed E-state index contributed by atoms with van der Waals surface area (Å²) >= 11 is 0. The monoisotopic (exact) mass is 286 g/mol. The molecule has 2 amide bonds. The lowest BCUT2D eigenvalue weighted by Crippen LogP contribution is -2.40. The zero-order chi connectivity index (χ0) is 15.0. The number of amides is 2.